The number of nitrogens with two attached hydrogens (primary N) is 1. The molecule has 2 saturated carbocycles. The Morgan fingerprint density at radius 1 is 1.30 bits per heavy atom. The van der Waals surface area contributed by atoms with Crippen LogP contribution in [0.15, 0.2) is 16.6 Å². The summed E-state index contributed by atoms with van der Waals surface area (Å²) in [5.74, 6) is 1.66. The second-order valence-electron chi connectivity index (χ2n) is 6.00. The molecule has 3 rings (SSSR count). The molecule has 0 aliphatic heterocycles. The fourth-order valence-corrected chi connectivity index (χ4v) is 3.69. The van der Waals surface area contributed by atoms with Crippen LogP contribution in [0.1, 0.15) is 44.1 Å². The summed E-state index contributed by atoms with van der Waals surface area (Å²) in [4.78, 5) is 0. The summed E-state index contributed by atoms with van der Waals surface area (Å²) in [6, 6.07) is 4.30. The summed E-state index contributed by atoms with van der Waals surface area (Å²) in [6.45, 7) is 0.700. The van der Waals surface area contributed by atoms with Gasteiger partial charge in [-0.05, 0) is 59.3 Å². The van der Waals surface area contributed by atoms with Crippen LogP contribution in [-0.2, 0) is 5.41 Å². The highest BCUT2D eigenvalue weighted by molar-refractivity contribution is 9.10. The molecule has 3 nitrogen and oxygen atoms in total. The van der Waals surface area contributed by atoms with E-state index in [1.54, 1.807) is 7.11 Å². The van der Waals surface area contributed by atoms with Gasteiger partial charge in [-0.3, -0.25) is 0 Å². The Balaban J connectivity index is 1.97. The van der Waals surface area contributed by atoms with E-state index in [4.69, 9.17) is 15.2 Å². The number of rotatable bonds is 5. The van der Waals surface area contributed by atoms with Crippen LogP contribution in [0.4, 0.5) is 0 Å². The fourth-order valence-electron chi connectivity index (χ4n) is 3.16. The van der Waals surface area contributed by atoms with Crippen molar-refractivity contribution in [3.63, 3.8) is 0 Å². The van der Waals surface area contributed by atoms with E-state index in [9.17, 15) is 0 Å². The molecule has 110 valence electrons. The van der Waals surface area contributed by atoms with Gasteiger partial charge in [-0.15, -0.1) is 0 Å². The van der Waals surface area contributed by atoms with Crippen LogP contribution in [0.3, 0.4) is 0 Å². The molecule has 2 aliphatic carbocycles. The molecule has 20 heavy (non-hydrogen) atoms. The average Bonchev–Trinajstić information content (AvgIpc) is 3.15. The maximum Gasteiger partial charge on any atom is 0.175 e. The van der Waals surface area contributed by atoms with Gasteiger partial charge >= 0.3 is 0 Å². The summed E-state index contributed by atoms with van der Waals surface area (Å²) in [7, 11) is 1.70. The second-order valence-corrected chi connectivity index (χ2v) is 6.85. The van der Waals surface area contributed by atoms with Crippen molar-refractivity contribution in [2.24, 2.45) is 5.73 Å². The summed E-state index contributed by atoms with van der Waals surface area (Å²) in [6.07, 6.45) is 7.51. The highest BCUT2D eigenvalue weighted by Gasteiger charge is 2.36. The Hall–Kier alpha value is -0.740. The molecule has 2 fully saturated rings. The van der Waals surface area contributed by atoms with Crippen molar-refractivity contribution >= 4 is 15.9 Å². The number of benzene rings is 1. The Morgan fingerprint density at radius 3 is 2.55 bits per heavy atom. The minimum absolute atomic E-state index is 0.119. The maximum atomic E-state index is 6.08. The van der Waals surface area contributed by atoms with Crippen molar-refractivity contribution < 1.29 is 9.47 Å². The first-order valence-electron chi connectivity index (χ1n) is 7.43. The Kier molecular flexibility index (Phi) is 3.95. The predicted molar refractivity (Wildman–Crippen MR) is 83.5 cm³/mol. The second kappa shape index (κ2) is 5.57. The smallest absolute Gasteiger partial charge is 0.175 e. The standard InChI is InChI=1S/C16H22BrNO2/c1-19-14-9-11(16(10-18)6-2-3-7-16)8-13(17)15(14)20-12-4-5-12/h8-9,12H,2-7,10,18H2,1H3. The monoisotopic (exact) mass is 339 g/mol. The van der Waals surface area contributed by atoms with E-state index >= 15 is 0 Å². The highest BCUT2D eigenvalue weighted by Crippen LogP contribution is 2.46. The van der Waals surface area contributed by atoms with Crippen LogP contribution in [0.25, 0.3) is 0 Å². The Labute approximate surface area is 129 Å². The molecule has 2 aliphatic rings. The molecule has 0 heterocycles. The van der Waals surface area contributed by atoms with Gasteiger partial charge in [0.2, 0.25) is 0 Å². The van der Waals surface area contributed by atoms with Crippen LogP contribution in [-0.4, -0.2) is 19.8 Å². The SMILES string of the molecule is COc1cc(C2(CN)CCCC2)cc(Br)c1OC1CC1. The average molecular weight is 340 g/mol. The molecule has 0 saturated heterocycles. The topological polar surface area (TPSA) is 44.5 Å². The molecular weight excluding hydrogens is 318 g/mol. The maximum absolute atomic E-state index is 6.08. The Bertz CT molecular complexity index is 493. The summed E-state index contributed by atoms with van der Waals surface area (Å²) in [5.41, 5.74) is 7.48. The van der Waals surface area contributed by atoms with Crippen molar-refractivity contribution in [1.82, 2.24) is 0 Å². The lowest BCUT2D eigenvalue weighted by Crippen LogP contribution is -2.32. The van der Waals surface area contributed by atoms with Gasteiger partial charge in [0.25, 0.3) is 0 Å². The number of hydrogen-bond acceptors (Lipinski definition) is 3. The molecule has 0 amide bonds. The lowest BCUT2D eigenvalue weighted by molar-refractivity contribution is 0.279. The molecule has 0 aromatic heterocycles. The molecule has 2 N–H and O–H groups in total. The molecule has 0 spiro atoms. The molecule has 0 atom stereocenters. The molecule has 0 bridgehead atoms. The molecule has 4 heteroatoms. The van der Waals surface area contributed by atoms with Crippen molar-refractivity contribution in [2.75, 3.05) is 13.7 Å². The first-order valence-corrected chi connectivity index (χ1v) is 8.22. The van der Waals surface area contributed by atoms with E-state index in [0.717, 1.165) is 28.8 Å². The lowest BCUT2D eigenvalue weighted by Gasteiger charge is -2.29. The number of hydrogen-bond donors (Lipinski definition) is 1. The zero-order valence-electron chi connectivity index (χ0n) is 12.0. The number of methoxy groups -OCH3 is 1. The van der Waals surface area contributed by atoms with Gasteiger partial charge in [0.1, 0.15) is 0 Å². The third-order valence-electron chi connectivity index (χ3n) is 4.60. The summed E-state index contributed by atoms with van der Waals surface area (Å²) >= 11 is 3.65. The van der Waals surface area contributed by atoms with Crippen LogP contribution in [0.2, 0.25) is 0 Å². The van der Waals surface area contributed by atoms with E-state index in [2.05, 4.69) is 28.1 Å². The van der Waals surface area contributed by atoms with Gasteiger partial charge < -0.3 is 15.2 Å². The fraction of sp³-hybridized carbons (Fsp3) is 0.625. The van der Waals surface area contributed by atoms with E-state index in [1.807, 2.05) is 0 Å². The van der Waals surface area contributed by atoms with Gasteiger partial charge in [0.05, 0.1) is 17.7 Å². The van der Waals surface area contributed by atoms with Crippen LogP contribution >= 0.6 is 15.9 Å². The van der Waals surface area contributed by atoms with Gasteiger partial charge in [-0.25, -0.2) is 0 Å². The first kappa shape index (κ1) is 14.2. The highest BCUT2D eigenvalue weighted by atomic mass is 79.9. The quantitative estimate of drug-likeness (QED) is 0.887. The molecule has 1 aromatic rings. The van der Waals surface area contributed by atoms with Crippen molar-refractivity contribution in [3.05, 3.63) is 22.2 Å². The van der Waals surface area contributed by atoms with Crippen LogP contribution < -0.4 is 15.2 Å². The largest absolute Gasteiger partial charge is 0.493 e. The zero-order valence-corrected chi connectivity index (χ0v) is 13.5. The van der Waals surface area contributed by atoms with Gasteiger partial charge in [0, 0.05) is 12.0 Å². The van der Waals surface area contributed by atoms with E-state index < -0.39 is 0 Å². The third kappa shape index (κ3) is 2.56. The molecular formula is C16H22BrNO2. The van der Waals surface area contributed by atoms with Crippen molar-refractivity contribution in [3.8, 4) is 11.5 Å². The zero-order chi connectivity index (χ0) is 14.2. The predicted octanol–water partition coefficient (Wildman–Crippen LogP) is 3.77. The van der Waals surface area contributed by atoms with Crippen LogP contribution in [0.5, 0.6) is 11.5 Å². The first-order chi connectivity index (χ1) is 9.68. The number of ether oxygens (including phenoxy) is 2. The normalized spacial score (nSPS) is 20.9. The minimum atomic E-state index is 0.119. The third-order valence-corrected chi connectivity index (χ3v) is 5.19. The van der Waals surface area contributed by atoms with Crippen molar-refractivity contribution in [2.45, 2.75) is 50.0 Å². The van der Waals surface area contributed by atoms with Crippen molar-refractivity contribution in [1.29, 1.82) is 0 Å². The Morgan fingerprint density at radius 2 is 2.00 bits per heavy atom. The van der Waals surface area contributed by atoms with E-state index in [-0.39, 0.29) is 5.41 Å². The van der Waals surface area contributed by atoms with E-state index in [1.165, 1.54) is 31.2 Å². The van der Waals surface area contributed by atoms with Gasteiger partial charge in [0.15, 0.2) is 11.5 Å². The van der Waals surface area contributed by atoms with E-state index in [0.29, 0.717) is 12.6 Å². The summed E-state index contributed by atoms with van der Waals surface area (Å²) < 4.78 is 12.5. The van der Waals surface area contributed by atoms with Crippen LogP contribution in [0, 0.1) is 0 Å². The van der Waals surface area contributed by atoms with Gasteiger partial charge in [-0.2, -0.15) is 0 Å². The summed E-state index contributed by atoms with van der Waals surface area (Å²) in [5, 5.41) is 0. The molecule has 0 radical (unpaired) electrons. The van der Waals surface area contributed by atoms with Gasteiger partial charge in [-0.1, -0.05) is 12.8 Å². The molecule has 1 aromatic carbocycles. The lowest BCUT2D eigenvalue weighted by atomic mass is 9.79. The number of halogens is 1. The molecule has 0 unspecified atom stereocenters. The minimum Gasteiger partial charge on any atom is -0.493 e.